The molecule has 2 saturated heterocycles. The van der Waals surface area contributed by atoms with Crippen molar-refractivity contribution in [1.29, 1.82) is 0 Å². The van der Waals surface area contributed by atoms with E-state index in [1.165, 1.54) is 0 Å². The number of hydrogen-bond donors (Lipinski definition) is 1. The van der Waals surface area contributed by atoms with Crippen molar-refractivity contribution < 1.29 is 23.7 Å². The second-order valence-corrected chi connectivity index (χ2v) is 10.0. The quantitative estimate of drug-likeness (QED) is 0.501. The van der Waals surface area contributed by atoms with E-state index in [4.69, 9.17) is 28.9 Å². The van der Waals surface area contributed by atoms with Crippen molar-refractivity contribution in [3.05, 3.63) is 47.5 Å². The van der Waals surface area contributed by atoms with E-state index in [0.29, 0.717) is 61.6 Å². The van der Waals surface area contributed by atoms with Gasteiger partial charge in [-0.25, -0.2) is 4.99 Å². The maximum Gasteiger partial charge on any atom is 0.257 e. The van der Waals surface area contributed by atoms with Crippen LogP contribution in [0.1, 0.15) is 22.3 Å². The molecule has 0 atom stereocenters. The Bertz CT molecular complexity index is 1270. The van der Waals surface area contributed by atoms with Crippen LogP contribution < -0.4 is 19.7 Å². The van der Waals surface area contributed by atoms with Gasteiger partial charge in [0, 0.05) is 56.1 Å². The average Bonchev–Trinajstić information content (AvgIpc) is 3.51. The monoisotopic (exact) mass is 548 g/mol. The second kappa shape index (κ2) is 12.2. The number of nitrogens with one attached hydrogen (secondary N) is 1. The van der Waals surface area contributed by atoms with Gasteiger partial charge < -0.3 is 23.8 Å². The molecule has 4 aliphatic rings. The van der Waals surface area contributed by atoms with Crippen LogP contribution in [-0.2, 0) is 9.47 Å². The summed E-state index contributed by atoms with van der Waals surface area (Å²) in [7, 11) is 1.61. The van der Waals surface area contributed by atoms with Crippen LogP contribution in [0.5, 0.6) is 11.5 Å². The molecule has 11 heteroatoms. The minimum Gasteiger partial charge on any atom is -0.491 e. The Morgan fingerprint density at radius 3 is 2.48 bits per heavy atom. The summed E-state index contributed by atoms with van der Waals surface area (Å²) in [5, 5.41) is 3.02. The molecule has 11 nitrogen and oxygen atoms in total. The minimum atomic E-state index is -0.225. The zero-order chi connectivity index (χ0) is 27.3. The van der Waals surface area contributed by atoms with Crippen molar-refractivity contribution in [3.63, 3.8) is 0 Å². The Hall–Kier alpha value is -3.67. The third-order valence-corrected chi connectivity index (χ3v) is 7.57. The molecule has 1 amide bonds. The fourth-order valence-electron chi connectivity index (χ4n) is 5.41. The molecule has 4 heterocycles. The Labute approximate surface area is 234 Å². The maximum absolute atomic E-state index is 13.3. The highest BCUT2D eigenvalue weighted by molar-refractivity contribution is 6.20. The maximum atomic E-state index is 13.3. The Balaban J connectivity index is 1.17. The number of nitrogens with zero attached hydrogens (tertiary/aromatic N) is 5. The van der Waals surface area contributed by atoms with Crippen molar-refractivity contribution in [3.8, 4) is 11.5 Å². The molecule has 4 aliphatic heterocycles. The number of carbonyl (C=O) groups is 1. The van der Waals surface area contributed by atoms with E-state index in [-0.39, 0.29) is 5.91 Å². The number of morpholine rings is 2. The van der Waals surface area contributed by atoms with Crippen LogP contribution in [0, 0.1) is 0 Å². The SMILES string of the molecule is COc1c(OCCCN2CCOCC2)ccc2c1N=C(NC(=O)c1ccc(N3CCOCC3)cc1)N1CCN=C21. The van der Waals surface area contributed by atoms with Gasteiger partial charge in [-0.3, -0.25) is 24.9 Å². The van der Waals surface area contributed by atoms with Gasteiger partial charge in [0.15, 0.2) is 11.5 Å². The Kier molecular flexibility index (Phi) is 8.12. The summed E-state index contributed by atoms with van der Waals surface area (Å²) in [5.41, 5.74) is 3.12. The number of benzene rings is 2. The number of aliphatic imine (C=N–C) groups is 2. The van der Waals surface area contributed by atoms with Crippen LogP contribution >= 0.6 is 0 Å². The molecular formula is C29H36N6O5. The fraction of sp³-hybridized carbons (Fsp3) is 0.483. The van der Waals surface area contributed by atoms with Gasteiger partial charge >= 0.3 is 0 Å². The summed E-state index contributed by atoms with van der Waals surface area (Å²) in [6.07, 6.45) is 0.898. The molecular weight excluding hydrogens is 512 g/mol. The molecule has 0 saturated carbocycles. The fourth-order valence-corrected chi connectivity index (χ4v) is 5.41. The number of fused-ring (bicyclic) bond motifs is 3. The number of ether oxygens (including phenoxy) is 4. The molecule has 6 rings (SSSR count). The van der Waals surface area contributed by atoms with E-state index in [0.717, 1.165) is 69.4 Å². The van der Waals surface area contributed by atoms with Gasteiger partial charge in [0.25, 0.3) is 5.91 Å². The Morgan fingerprint density at radius 2 is 1.73 bits per heavy atom. The first-order valence-corrected chi connectivity index (χ1v) is 14.0. The van der Waals surface area contributed by atoms with Crippen LogP contribution in [0.25, 0.3) is 0 Å². The van der Waals surface area contributed by atoms with E-state index in [2.05, 4.69) is 15.1 Å². The molecule has 2 aromatic carbocycles. The number of amides is 1. The second-order valence-electron chi connectivity index (χ2n) is 10.0. The molecule has 0 aliphatic carbocycles. The van der Waals surface area contributed by atoms with Gasteiger partial charge in [0.1, 0.15) is 11.5 Å². The third-order valence-electron chi connectivity index (χ3n) is 7.57. The van der Waals surface area contributed by atoms with Crippen LogP contribution in [0.3, 0.4) is 0 Å². The topological polar surface area (TPSA) is 100 Å². The minimum absolute atomic E-state index is 0.225. The van der Waals surface area contributed by atoms with Crippen LogP contribution in [-0.4, -0.2) is 113 Å². The zero-order valence-corrected chi connectivity index (χ0v) is 22.9. The molecule has 0 spiro atoms. The molecule has 0 aromatic heterocycles. The predicted octanol–water partition coefficient (Wildman–Crippen LogP) is 2.13. The smallest absolute Gasteiger partial charge is 0.257 e. The standard InChI is InChI=1S/C29H36N6O5/c1-37-26-24(40-16-2-10-33-12-17-38-18-13-33)8-7-23-25(26)31-29(35-11-9-30-27(23)35)32-28(36)21-3-5-22(6-4-21)34-14-19-39-20-15-34/h3-8H,2,9-20H2,1H3,(H,31,32,36). The van der Waals surface area contributed by atoms with Gasteiger partial charge in [0.05, 0.1) is 46.7 Å². The molecule has 40 heavy (non-hydrogen) atoms. The van der Waals surface area contributed by atoms with E-state index >= 15 is 0 Å². The van der Waals surface area contributed by atoms with Crippen LogP contribution in [0.15, 0.2) is 46.4 Å². The van der Waals surface area contributed by atoms with Gasteiger partial charge in [-0.05, 0) is 42.8 Å². The van der Waals surface area contributed by atoms with Gasteiger partial charge in [-0.1, -0.05) is 0 Å². The molecule has 212 valence electrons. The van der Waals surface area contributed by atoms with Gasteiger partial charge in [-0.2, -0.15) is 0 Å². The van der Waals surface area contributed by atoms with E-state index in [1.54, 1.807) is 7.11 Å². The number of rotatable bonds is 8. The normalized spacial score (nSPS) is 18.9. The molecule has 2 fully saturated rings. The highest BCUT2D eigenvalue weighted by Crippen LogP contribution is 2.43. The number of methoxy groups -OCH3 is 1. The average molecular weight is 549 g/mol. The first-order valence-electron chi connectivity index (χ1n) is 14.0. The summed E-state index contributed by atoms with van der Waals surface area (Å²) in [6.45, 7) is 9.42. The van der Waals surface area contributed by atoms with E-state index in [9.17, 15) is 4.79 Å². The zero-order valence-electron chi connectivity index (χ0n) is 22.9. The lowest BCUT2D eigenvalue weighted by Gasteiger charge is -2.29. The summed E-state index contributed by atoms with van der Waals surface area (Å²) in [4.78, 5) is 29.4. The summed E-state index contributed by atoms with van der Waals surface area (Å²) >= 11 is 0. The van der Waals surface area contributed by atoms with Crippen molar-refractivity contribution in [2.45, 2.75) is 6.42 Å². The number of carbonyl (C=O) groups excluding carboxylic acids is 1. The summed E-state index contributed by atoms with van der Waals surface area (Å²) in [5.74, 6) is 2.16. The van der Waals surface area contributed by atoms with Gasteiger partial charge in [-0.15, -0.1) is 0 Å². The highest BCUT2D eigenvalue weighted by Gasteiger charge is 2.33. The molecule has 2 aromatic rings. The number of guanidine groups is 1. The van der Waals surface area contributed by atoms with Crippen molar-refractivity contribution >= 4 is 29.1 Å². The lowest BCUT2D eigenvalue weighted by molar-refractivity contribution is 0.0357. The molecule has 0 unspecified atom stereocenters. The van der Waals surface area contributed by atoms with Crippen molar-refractivity contribution in [2.75, 3.05) is 90.9 Å². The summed E-state index contributed by atoms with van der Waals surface area (Å²) < 4.78 is 22.8. The highest BCUT2D eigenvalue weighted by atomic mass is 16.5. The first-order chi connectivity index (χ1) is 19.7. The lowest BCUT2D eigenvalue weighted by Crippen LogP contribution is -2.47. The first kappa shape index (κ1) is 26.5. The largest absolute Gasteiger partial charge is 0.491 e. The molecule has 0 bridgehead atoms. The molecule has 0 radical (unpaired) electrons. The summed E-state index contributed by atoms with van der Waals surface area (Å²) in [6, 6.07) is 11.5. The van der Waals surface area contributed by atoms with E-state index in [1.807, 2.05) is 41.3 Å². The number of amidine groups is 1. The van der Waals surface area contributed by atoms with Crippen LogP contribution in [0.2, 0.25) is 0 Å². The predicted molar refractivity (Wildman–Crippen MR) is 153 cm³/mol. The van der Waals surface area contributed by atoms with E-state index < -0.39 is 0 Å². The lowest BCUT2D eigenvalue weighted by atomic mass is 10.1. The number of anilines is 1. The number of hydrogen-bond acceptors (Lipinski definition) is 10. The van der Waals surface area contributed by atoms with Crippen molar-refractivity contribution in [1.82, 2.24) is 15.1 Å². The Morgan fingerprint density at radius 1 is 0.975 bits per heavy atom. The third kappa shape index (κ3) is 5.63. The molecule has 1 N–H and O–H groups in total. The van der Waals surface area contributed by atoms with Gasteiger partial charge in [0.2, 0.25) is 5.96 Å². The van der Waals surface area contributed by atoms with Crippen LogP contribution in [0.4, 0.5) is 11.4 Å². The van der Waals surface area contributed by atoms with Crippen molar-refractivity contribution in [2.24, 2.45) is 9.98 Å².